The van der Waals surface area contributed by atoms with Crippen molar-refractivity contribution in [2.24, 2.45) is 5.92 Å². The van der Waals surface area contributed by atoms with Crippen molar-refractivity contribution in [1.29, 1.82) is 0 Å². The second-order valence-corrected chi connectivity index (χ2v) is 7.77. The van der Waals surface area contributed by atoms with E-state index in [-0.39, 0.29) is 5.91 Å². The molecule has 5 heteroatoms. The average Bonchev–Trinajstić information content (AvgIpc) is 3.06. The SMILES string of the molecule is CCCCN1CCC(CCNC(=O)c2nn(CCC)c3ccccc23)CC1. The average molecular weight is 371 g/mol. The molecule has 5 nitrogen and oxygen atoms in total. The number of aryl methyl sites for hydroxylation is 1. The normalized spacial score (nSPS) is 16.1. The molecule has 0 radical (unpaired) electrons. The van der Waals surface area contributed by atoms with Crippen LogP contribution < -0.4 is 5.32 Å². The maximum Gasteiger partial charge on any atom is 0.272 e. The summed E-state index contributed by atoms with van der Waals surface area (Å²) in [6.07, 6.45) is 7.17. The van der Waals surface area contributed by atoms with E-state index in [1.807, 2.05) is 28.9 Å². The molecule has 2 aromatic rings. The van der Waals surface area contributed by atoms with E-state index < -0.39 is 0 Å². The second-order valence-electron chi connectivity index (χ2n) is 7.77. The van der Waals surface area contributed by atoms with Gasteiger partial charge >= 0.3 is 0 Å². The van der Waals surface area contributed by atoms with Crippen molar-refractivity contribution < 1.29 is 4.79 Å². The molecule has 1 aliphatic rings. The van der Waals surface area contributed by atoms with Gasteiger partial charge in [-0.15, -0.1) is 0 Å². The van der Waals surface area contributed by atoms with Crippen LogP contribution in [-0.4, -0.2) is 46.8 Å². The number of nitrogens with zero attached hydrogens (tertiary/aromatic N) is 3. The summed E-state index contributed by atoms with van der Waals surface area (Å²) in [5.41, 5.74) is 1.61. The lowest BCUT2D eigenvalue weighted by Gasteiger charge is -2.31. The van der Waals surface area contributed by atoms with E-state index in [9.17, 15) is 4.79 Å². The quantitative estimate of drug-likeness (QED) is 0.724. The Morgan fingerprint density at radius 1 is 1.15 bits per heavy atom. The van der Waals surface area contributed by atoms with Crippen LogP contribution in [0.25, 0.3) is 10.9 Å². The molecule has 1 N–H and O–H groups in total. The van der Waals surface area contributed by atoms with Gasteiger partial charge in [0.15, 0.2) is 5.69 Å². The molecule has 0 spiro atoms. The van der Waals surface area contributed by atoms with Gasteiger partial charge in [0.1, 0.15) is 0 Å². The minimum atomic E-state index is -0.0403. The van der Waals surface area contributed by atoms with E-state index in [0.29, 0.717) is 5.69 Å². The number of amides is 1. The van der Waals surface area contributed by atoms with Crippen LogP contribution in [0.3, 0.4) is 0 Å². The summed E-state index contributed by atoms with van der Waals surface area (Å²) in [6, 6.07) is 8.02. The number of likely N-dealkylation sites (tertiary alicyclic amines) is 1. The molecule has 1 amide bonds. The highest BCUT2D eigenvalue weighted by Crippen LogP contribution is 2.21. The summed E-state index contributed by atoms with van der Waals surface area (Å²) >= 11 is 0. The fraction of sp³-hybridized carbons (Fsp3) is 0.636. The Hall–Kier alpha value is -1.88. The van der Waals surface area contributed by atoms with Crippen LogP contribution >= 0.6 is 0 Å². The summed E-state index contributed by atoms with van der Waals surface area (Å²) in [4.78, 5) is 15.3. The number of benzene rings is 1. The van der Waals surface area contributed by atoms with Gasteiger partial charge in [-0.25, -0.2) is 0 Å². The van der Waals surface area contributed by atoms with Gasteiger partial charge in [-0.2, -0.15) is 5.10 Å². The predicted molar refractivity (Wildman–Crippen MR) is 111 cm³/mol. The molecular formula is C22H34N4O. The number of para-hydroxylation sites is 1. The molecule has 1 fully saturated rings. The molecule has 1 aromatic carbocycles. The van der Waals surface area contributed by atoms with Gasteiger partial charge < -0.3 is 10.2 Å². The Morgan fingerprint density at radius 2 is 1.93 bits per heavy atom. The van der Waals surface area contributed by atoms with E-state index in [0.717, 1.165) is 42.8 Å². The first kappa shape index (κ1) is 19.9. The number of rotatable bonds is 9. The number of unbranched alkanes of at least 4 members (excludes halogenated alkanes) is 1. The molecule has 1 aliphatic heterocycles. The molecule has 1 saturated heterocycles. The predicted octanol–water partition coefficient (Wildman–Crippen LogP) is 4.08. The Kier molecular flexibility index (Phi) is 7.27. The fourth-order valence-corrected chi connectivity index (χ4v) is 4.03. The van der Waals surface area contributed by atoms with Gasteiger partial charge in [-0.05, 0) is 63.7 Å². The van der Waals surface area contributed by atoms with Gasteiger partial charge in [0.2, 0.25) is 0 Å². The van der Waals surface area contributed by atoms with Crippen LogP contribution in [0.15, 0.2) is 24.3 Å². The first-order chi connectivity index (χ1) is 13.2. The van der Waals surface area contributed by atoms with Gasteiger partial charge in [-0.3, -0.25) is 9.48 Å². The molecule has 3 rings (SSSR count). The Balaban J connectivity index is 1.50. The van der Waals surface area contributed by atoms with Gasteiger partial charge in [0.05, 0.1) is 5.52 Å². The number of fused-ring (bicyclic) bond motifs is 1. The molecule has 27 heavy (non-hydrogen) atoms. The number of carbonyl (C=O) groups is 1. The highest BCUT2D eigenvalue weighted by molar-refractivity contribution is 6.04. The van der Waals surface area contributed by atoms with Crippen molar-refractivity contribution in [3.8, 4) is 0 Å². The van der Waals surface area contributed by atoms with Gasteiger partial charge in [0, 0.05) is 18.5 Å². The van der Waals surface area contributed by atoms with E-state index in [1.165, 1.54) is 45.3 Å². The number of hydrogen-bond acceptors (Lipinski definition) is 3. The molecule has 0 atom stereocenters. The molecule has 2 heterocycles. The zero-order chi connectivity index (χ0) is 19.1. The summed E-state index contributed by atoms with van der Waals surface area (Å²) < 4.78 is 1.95. The smallest absolute Gasteiger partial charge is 0.272 e. The molecule has 148 valence electrons. The standard InChI is InChI=1S/C22H34N4O/c1-3-5-15-25-16-11-18(12-17-25)10-13-23-22(27)21-19-8-6-7-9-20(19)26(24-21)14-4-2/h6-9,18H,3-5,10-17H2,1-2H3,(H,23,27). The van der Waals surface area contributed by atoms with Crippen molar-refractivity contribution in [3.63, 3.8) is 0 Å². The van der Waals surface area contributed by atoms with E-state index in [2.05, 4.69) is 29.2 Å². The minimum Gasteiger partial charge on any atom is -0.351 e. The Labute approximate surface area is 163 Å². The molecular weight excluding hydrogens is 336 g/mol. The Bertz CT molecular complexity index is 731. The van der Waals surface area contributed by atoms with Crippen LogP contribution in [0.4, 0.5) is 0 Å². The number of carbonyl (C=O) groups excluding carboxylic acids is 1. The van der Waals surface area contributed by atoms with E-state index >= 15 is 0 Å². The second kappa shape index (κ2) is 9.88. The third-order valence-corrected chi connectivity index (χ3v) is 5.68. The van der Waals surface area contributed by atoms with E-state index in [4.69, 9.17) is 0 Å². The first-order valence-corrected chi connectivity index (χ1v) is 10.7. The molecule has 0 saturated carbocycles. The summed E-state index contributed by atoms with van der Waals surface area (Å²) in [5.74, 6) is 0.694. The summed E-state index contributed by atoms with van der Waals surface area (Å²) in [5, 5.41) is 8.64. The molecule has 0 unspecified atom stereocenters. The third-order valence-electron chi connectivity index (χ3n) is 5.68. The number of aromatic nitrogens is 2. The van der Waals surface area contributed by atoms with Crippen LogP contribution in [0.1, 0.15) is 62.9 Å². The Morgan fingerprint density at radius 3 is 2.67 bits per heavy atom. The van der Waals surface area contributed by atoms with Crippen LogP contribution in [-0.2, 0) is 6.54 Å². The maximum absolute atomic E-state index is 12.7. The van der Waals surface area contributed by atoms with Crippen LogP contribution in [0, 0.1) is 5.92 Å². The summed E-state index contributed by atoms with van der Waals surface area (Å²) in [7, 11) is 0. The van der Waals surface area contributed by atoms with Crippen molar-refractivity contribution in [2.75, 3.05) is 26.2 Å². The number of piperidine rings is 1. The van der Waals surface area contributed by atoms with Crippen LogP contribution in [0.5, 0.6) is 0 Å². The summed E-state index contributed by atoms with van der Waals surface area (Å²) in [6.45, 7) is 9.63. The zero-order valence-electron chi connectivity index (χ0n) is 16.9. The number of hydrogen-bond donors (Lipinski definition) is 1. The number of nitrogens with one attached hydrogen (secondary N) is 1. The zero-order valence-corrected chi connectivity index (χ0v) is 16.9. The van der Waals surface area contributed by atoms with E-state index in [1.54, 1.807) is 0 Å². The third kappa shape index (κ3) is 5.10. The molecule has 0 bridgehead atoms. The fourth-order valence-electron chi connectivity index (χ4n) is 4.03. The largest absolute Gasteiger partial charge is 0.351 e. The van der Waals surface area contributed by atoms with Crippen molar-refractivity contribution in [2.45, 2.75) is 58.9 Å². The van der Waals surface area contributed by atoms with Gasteiger partial charge in [-0.1, -0.05) is 38.5 Å². The maximum atomic E-state index is 12.7. The lowest BCUT2D eigenvalue weighted by atomic mass is 9.93. The van der Waals surface area contributed by atoms with Crippen molar-refractivity contribution in [3.05, 3.63) is 30.0 Å². The van der Waals surface area contributed by atoms with Crippen molar-refractivity contribution >= 4 is 16.8 Å². The van der Waals surface area contributed by atoms with Crippen LogP contribution in [0.2, 0.25) is 0 Å². The van der Waals surface area contributed by atoms with Crippen molar-refractivity contribution in [1.82, 2.24) is 20.0 Å². The molecule has 0 aliphatic carbocycles. The molecule has 1 aromatic heterocycles. The minimum absolute atomic E-state index is 0.0403. The lowest BCUT2D eigenvalue weighted by molar-refractivity contribution is 0.0943. The van der Waals surface area contributed by atoms with Gasteiger partial charge in [0.25, 0.3) is 5.91 Å². The topological polar surface area (TPSA) is 50.2 Å². The first-order valence-electron chi connectivity index (χ1n) is 10.7. The lowest BCUT2D eigenvalue weighted by Crippen LogP contribution is -2.35. The highest BCUT2D eigenvalue weighted by atomic mass is 16.1. The highest BCUT2D eigenvalue weighted by Gasteiger charge is 2.20. The monoisotopic (exact) mass is 370 g/mol.